The van der Waals surface area contributed by atoms with E-state index < -0.39 is 0 Å². The second-order valence-corrected chi connectivity index (χ2v) is 6.14. The Balaban J connectivity index is 1.94. The summed E-state index contributed by atoms with van der Waals surface area (Å²) in [5.74, 6) is 2.39. The van der Waals surface area contributed by atoms with Crippen molar-refractivity contribution < 1.29 is 0 Å². The SMILES string of the molecule is O=c1[nH]c(Cc2cccc(Br)c2)nc2c1CSC2. The highest BCUT2D eigenvalue weighted by Gasteiger charge is 2.17. The minimum absolute atomic E-state index is 0.0231. The maximum Gasteiger partial charge on any atom is 0.255 e. The standard InChI is InChI=1S/C13H11BrN2OS/c14-9-3-1-2-8(4-9)5-12-15-11-7-18-6-10(11)13(17)16-12/h1-4H,5-7H2,(H,15,16,17). The lowest BCUT2D eigenvalue weighted by Crippen LogP contribution is -2.17. The second-order valence-electron chi connectivity index (χ2n) is 4.24. The van der Waals surface area contributed by atoms with Crippen molar-refractivity contribution in [2.75, 3.05) is 0 Å². The number of nitrogens with zero attached hydrogens (tertiary/aromatic N) is 1. The van der Waals surface area contributed by atoms with Crippen LogP contribution in [-0.4, -0.2) is 9.97 Å². The lowest BCUT2D eigenvalue weighted by molar-refractivity contribution is 0.903. The molecule has 0 fully saturated rings. The predicted molar refractivity (Wildman–Crippen MR) is 76.8 cm³/mol. The fourth-order valence-electron chi connectivity index (χ4n) is 2.04. The van der Waals surface area contributed by atoms with Crippen molar-refractivity contribution in [3.05, 3.63) is 61.7 Å². The number of nitrogens with one attached hydrogen (secondary N) is 1. The molecule has 0 radical (unpaired) electrons. The number of halogens is 1. The topological polar surface area (TPSA) is 45.8 Å². The molecule has 1 aromatic carbocycles. The van der Waals surface area contributed by atoms with Crippen LogP contribution in [0, 0.1) is 0 Å². The highest BCUT2D eigenvalue weighted by atomic mass is 79.9. The van der Waals surface area contributed by atoms with E-state index in [1.807, 2.05) is 24.3 Å². The number of H-pyrrole nitrogens is 1. The number of aromatic nitrogens is 2. The van der Waals surface area contributed by atoms with Gasteiger partial charge in [0.2, 0.25) is 0 Å². The lowest BCUT2D eigenvalue weighted by Gasteiger charge is -2.04. The van der Waals surface area contributed by atoms with E-state index in [-0.39, 0.29) is 5.56 Å². The second kappa shape index (κ2) is 4.90. The molecule has 3 rings (SSSR count). The number of hydrogen-bond acceptors (Lipinski definition) is 3. The van der Waals surface area contributed by atoms with E-state index in [4.69, 9.17) is 0 Å². The largest absolute Gasteiger partial charge is 0.310 e. The first kappa shape index (κ1) is 12.0. The van der Waals surface area contributed by atoms with Gasteiger partial charge in [-0.3, -0.25) is 4.79 Å². The molecule has 0 unspecified atom stereocenters. The van der Waals surface area contributed by atoms with Gasteiger partial charge in [0.05, 0.1) is 5.69 Å². The van der Waals surface area contributed by atoms with E-state index in [2.05, 4.69) is 25.9 Å². The van der Waals surface area contributed by atoms with Gasteiger partial charge in [-0.05, 0) is 17.7 Å². The van der Waals surface area contributed by atoms with Gasteiger partial charge >= 0.3 is 0 Å². The molecule has 3 nitrogen and oxygen atoms in total. The fourth-order valence-corrected chi connectivity index (χ4v) is 3.52. The van der Waals surface area contributed by atoms with Crippen LogP contribution in [0.3, 0.4) is 0 Å². The Labute approximate surface area is 117 Å². The van der Waals surface area contributed by atoms with Crippen LogP contribution in [0.4, 0.5) is 0 Å². The molecule has 0 amide bonds. The summed E-state index contributed by atoms with van der Waals surface area (Å²) in [6.07, 6.45) is 0.659. The Morgan fingerprint density at radius 1 is 1.39 bits per heavy atom. The predicted octanol–water partition coefficient (Wildman–Crippen LogP) is 2.87. The minimum Gasteiger partial charge on any atom is -0.310 e. The Kier molecular flexibility index (Phi) is 3.26. The molecule has 0 saturated heterocycles. The molecule has 1 aromatic heterocycles. The molecular weight excluding hydrogens is 312 g/mol. The van der Waals surface area contributed by atoms with Crippen LogP contribution in [0.1, 0.15) is 22.6 Å². The van der Waals surface area contributed by atoms with Gasteiger partial charge in [-0.2, -0.15) is 11.8 Å². The summed E-state index contributed by atoms with van der Waals surface area (Å²) >= 11 is 5.19. The molecule has 0 spiro atoms. The van der Waals surface area contributed by atoms with Crippen LogP contribution < -0.4 is 5.56 Å². The Hall–Kier alpha value is -1.07. The quantitative estimate of drug-likeness (QED) is 0.924. The molecule has 1 aliphatic heterocycles. The number of aromatic amines is 1. The molecule has 1 N–H and O–H groups in total. The number of fused-ring (bicyclic) bond motifs is 1. The molecule has 0 aliphatic carbocycles. The van der Waals surface area contributed by atoms with E-state index in [9.17, 15) is 4.79 Å². The number of benzene rings is 1. The minimum atomic E-state index is 0.0231. The van der Waals surface area contributed by atoms with Gasteiger partial charge in [0.1, 0.15) is 5.82 Å². The van der Waals surface area contributed by atoms with Crippen molar-refractivity contribution in [1.82, 2.24) is 9.97 Å². The van der Waals surface area contributed by atoms with E-state index in [1.165, 1.54) is 0 Å². The van der Waals surface area contributed by atoms with Gasteiger partial charge in [0.25, 0.3) is 5.56 Å². The zero-order valence-electron chi connectivity index (χ0n) is 9.57. The number of hydrogen-bond donors (Lipinski definition) is 1. The molecule has 2 heterocycles. The normalized spacial score (nSPS) is 13.6. The van der Waals surface area contributed by atoms with E-state index in [0.29, 0.717) is 6.42 Å². The highest BCUT2D eigenvalue weighted by Crippen LogP contribution is 2.25. The molecule has 5 heteroatoms. The zero-order valence-corrected chi connectivity index (χ0v) is 12.0. The van der Waals surface area contributed by atoms with Gasteiger partial charge < -0.3 is 4.98 Å². The lowest BCUT2D eigenvalue weighted by atomic mass is 10.1. The molecule has 18 heavy (non-hydrogen) atoms. The third kappa shape index (κ3) is 2.37. The summed E-state index contributed by atoms with van der Waals surface area (Å²) in [4.78, 5) is 19.3. The van der Waals surface area contributed by atoms with Crippen molar-refractivity contribution >= 4 is 27.7 Å². The summed E-state index contributed by atoms with van der Waals surface area (Å²) < 4.78 is 1.04. The van der Waals surface area contributed by atoms with Crippen LogP contribution in [0.15, 0.2) is 33.5 Å². The van der Waals surface area contributed by atoms with Crippen LogP contribution >= 0.6 is 27.7 Å². The average Bonchev–Trinajstić information content (AvgIpc) is 2.77. The molecular formula is C13H11BrN2OS. The Morgan fingerprint density at radius 2 is 2.28 bits per heavy atom. The summed E-state index contributed by atoms with van der Waals surface area (Å²) in [5, 5.41) is 0. The van der Waals surface area contributed by atoms with Gasteiger partial charge in [0, 0.05) is 28.0 Å². The molecule has 0 atom stereocenters. The fraction of sp³-hybridized carbons (Fsp3) is 0.231. The first-order valence-corrected chi connectivity index (χ1v) is 7.60. The summed E-state index contributed by atoms with van der Waals surface area (Å²) in [5.41, 5.74) is 2.96. The average molecular weight is 323 g/mol. The van der Waals surface area contributed by atoms with Crippen molar-refractivity contribution in [3.8, 4) is 0 Å². The maximum atomic E-state index is 11.9. The summed E-state index contributed by atoms with van der Waals surface area (Å²) in [7, 11) is 0. The summed E-state index contributed by atoms with van der Waals surface area (Å²) in [6.45, 7) is 0. The maximum absolute atomic E-state index is 11.9. The first-order chi connectivity index (χ1) is 8.72. The first-order valence-electron chi connectivity index (χ1n) is 5.65. The highest BCUT2D eigenvalue weighted by molar-refractivity contribution is 9.10. The third-order valence-electron chi connectivity index (χ3n) is 2.90. The molecule has 92 valence electrons. The monoisotopic (exact) mass is 322 g/mol. The molecule has 2 aromatic rings. The summed E-state index contributed by atoms with van der Waals surface area (Å²) in [6, 6.07) is 8.05. The van der Waals surface area contributed by atoms with E-state index in [0.717, 1.165) is 38.6 Å². The van der Waals surface area contributed by atoms with E-state index in [1.54, 1.807) is 11.8 Å². The van der Waals surface area contributed by atoms with Crippen LogP contribution in [0.5, 0.6) is 0 Å². The van der Waals surface area contributed by atoms with Gasteiger partial charge in [-0.1, -0.05) is 28.1 Å². The molecule has 1 aliphatic rings. The van der Waals surface area contributed by atoms with Crippen LogP contribution in [0.25, 0.3) is 0 Å². The number of rotatable bonds is 2. The Bertz CT molecular complexity index is 654. The van der Waals surface area contributed by atoms with Gasteiger partial charge in [0.15, 0.2) is 0 Å². The van der Waals surface area contributed by atoms with Crippen molar-refractivity contribution in [2.24, 2.45) is 0 Å². The van der Waals surface area contributed by atoms with Crippen LogP contribution in [-0.2, 0) is 17.9 Å². The third-order valence-corrected chi connectivity index (χ3v) is 4.36. The number of thioether (sulfide) groups is 1. The molecule has 0 bridgehead atoms. The van der Waals surface area contributed by atoms with Crippen molar-refractivity contribution in [3.63, 3.8) is 0 Å². The van der Waals surface area contributed by atoms with Gasteiger partial charge in [-0.15, -0.1) is 0 Å². The smallest absolute Gasteiger partial charge is 0.255 e. The van der Waals surface area contributed by atoms with E-state index >= 15 is 0 Å². The van der Waals surface area contributed by atoms with Crippen molar-refractivity contribution in [2.45, 2.75) is 17.9 Å². The van der Waals surface area contributed by atoms with Crippen molar-refractivity contribution in [1.29, 1.82) is 0 Å². The molecule has 0 saturated carbocycles. The Morgan fingerprint density at radius 3 is 3.11 bits per heavy atom. The zero-order chi connectivity index (χ0) is 12.5. The van der Waals surface area contributed by atoms with Crippen LogP contribution in [0.2, 0.25) is 0 Å². The van der Waals surface area contributed by atoms with Gasteiger partial charge in [-0.25, -0.2) is 4.98 Å².